The van der Waals surface area contributed by atoms with Crippen LogP contribution in [-0.4, -0.2) is 45.3 Å². The van der Waals surface area contributed by atoms with Crippen LogP contribution < -0.4 is 0 Å². The number of rotatable bonds is 8. The summed E-state index contributed by atoms with van der Waals surface area (Å²) in [6.07, 6.45) is 1.94. The summed E-state index contributed by atoms with van der Waals surface area (Å²) in [5, 5.41) is 0. The van der Waals surface area contributed by atoms with E-state index in [0.29, 0.717) is 19.0 Å². The Bertz CT molecular complexity index is 814. The molecule has 0 spiro atoms. The van der Waals surface area contributed by atoms with Crippen molar-refractivity contribution in [1.82, 2.24) is 14.4 Å². The van der Waals surface area contributed by atoms with Crippen molar-refractivity contribution in [3.8, 4) is 0 Å². The van der Waals surface area contributed by atoms with Gasteiger partial charge in [-0.3, -0.25) is 9.59 Å². The molecule has 0 radical (unpaired) electrons. The monoisotopic (exact) mass is 387 g/mol. The molecule has 0 atom stereocenters. The SMILES string of the molecule is CC(C)CN(Cc1cccn1C)C(=O)CN(C(=O)c1ccccc1F)C(C)C. The molecule has 152 valence electrons. The Hall–Kier alpha value is -2.63. The number of hydrogen-bond acceptors (Lipinski definition) is 2. The molecule has 5 nitrogen and oxygen atoms in total. The van der Waals surface area contributed by atoms with Crippen molar-refractivity contribution >= 4 is 11.8 Å². The van der Waals surface area contributed by atoms with Gasteiger partial charge in [0, 0.05) is 31.5 Å². The van der Waals surface area contributed by atoms with Gasteiger partial charge in [-0.2, -0.15) is 0 Å². The molecule has 2 rings (SSSR count). The Morgan fingerprint density at radius 3 is 2.29 bits per heavy atom. The van der Waals surface area contributed by atoms with Crippen molar-refractivity contribution in [2.24, 2.45) is 13.0 Å². The Morgan fingerprint density at radius 2 is 1.75 bits per heavy atom. The fraction of sp³-hybridized carbons (Fsp3) is 0.455. The maximum atomic E-state index is 14.1. The van der Waals surface area contributed by atoms with Crippen LogP contribution in [0.15, 0.2) is 42.6 Å². The quantitative estimate of drug-likeness (QED) is 0.693. The summed E-state index contributed by atoms with van der Waals surface area (Å²) in [6.45, 7) is 8.74. The molecule has 0 saturated heterocycles. The summed E-state index contributed by atoms with van der Waals surface area (Å²) >= 11 is 0. The summed E-state index contributed by atoms with van der Waals surface area (Å²) < 4.78 is 16.1. The highest BCUT2D eigenvalue weighted by molar-refractivity contribution is 5.97. The van der Waals surface area contributed by atoms with Crippen LogP contribution in [0.2, 0.25) is 0 Å². The van der Waals surface area contributed by atoms with E-state index in [4.69, 9.17) is 0 Å². The van der Waals surface area contributed by atoms with Gasteiger partial charge in [0.1, 0.15) is 12.4 Å². The van der Waals surface area contributed by atoms with Gasteiger partial charge in [0.15, 0.2) is 0 Å². The molecule has 6 heteroatoms. The van der Waals surface area contributed by atoms with Crippen LogP contribution in [0.1, 0.15) is 43.7 Å². The second kappa shape index (κ2) is 9.53. The van der Waals surface area contributed by atoms with E-state index in [0.717, 1.165) is 5.69 Å². The molecule has 2 aromatic rings. The van der Waals surface area contributed by atoms with Gasteiger partial charge in [-0.1, -0.05) is 26.0 Å². The molecule has 28 heavy (non-hydrogen) atoms. The van der Waals surface area contributed by atoms with Crippen molar-refractivity contribution < 1.29 is 14.0 Å². The zero-order valence-corrected chi connectivity index (χ0v) is 17.4. The van der Waals surface area contributed by atoms with E-state index in [-0.39, 0.29) is 24.1 Å². The minimum absolute atomic E-state index is 0.0122. The molecule has 0 aliphatic heterocycles. The summed E-state index contributed by atoms with van der Waals surface area (Å²) in [5.74, 6) is -0.898. The van der Waals surface area contributed by atoms with Crippen LogP contribution in [-0.2, 0) is 18.4 Å². The minimum Gasteiger partial charge on any atom is -0.353 e. The highest BCUT2D eigenvalue weighted by Gasteiger charge is 2.26. The highest BCUT2D eigenvalue weighted by Crippen LogP contribution is 2.14. The number of benzene rings is 1. The van der Waals surface area contributed by atoms with Gasteiger partial charge >= 0.3 is 0 Å². The van der Waals surface area contributed by atoms with Gasteiger partial charge in [-0.05, 0) is 44.0 Å². The first kappa shape index (κ1) is 21.7. The molecule has 1 aromatic carbocycles. The average molecular weight is 387 g/mol. The smallest absolute Gasteiger partial charge is 0.257 e. The van der Waals surface area contributed by atoms with Crippen molar-refractivity contribution in [2.45, 2.75) is 40.3 Å². The van der Waals surface area contributed by atoms with Gasteiger partial charge in [0.05, 0.1) is 12.1 Å². The number of hydrogen-bond donors (Lipinski definition) is 0. The summed E-state index contributed by atoms with van der Waals surface area (Å²) in [7, 11) is 1.94. The Labute approximate surface area is 166 Å². The fourth-order valence-electron chi connectivity index (χ4n) is 3.08. The van der Waals surface area contributed by atoms with Crippen LogP contribution in [0.25, 0.3) is 0 Å². The molecular weight excluding hydrogens is 357 g/mol. The highest BCUT2D eigenvalue weighted by atomic mass is 19.1. The van der Waals surface area contributed by atoms with Crippen LogP contribution in [0.5, 0.6) is 0 Å². The Balaban J connectivity index is 2.21. The van der Waals surface area contributed by atoms with E-state index in [1.54, 1.807) is 17.0 Å². The predicted molar refractivity (Wildman–Crippen MR) is 108 cm³/mol. The van der Waals surface area contributed by atoms with E-state index in [9.17, 15) is 14.0 Å². The van der Waals surface area contributed by atoms with E-state index < -0.39 is 11.7 Å². The minimum atomic E-state index is -0.576. The molecule has 0 unspecified atom stereocenters. The standard InChI is InChI=1S/C22H30FN3O2/c1-16(2)13-25(14-18-9-8-12-24(18)5)21(27)15-26(17(3)4)22(28)19-10-6-7-11-20(19)23/h6-12,16-17H,13-15H2,1-5H3. The first-order valence-corrected chi connectivity index (χ1v) is 9.64. The third-order valence-corrected chi connectivity index (χ3v) is 4.64. The number of amides is 2. The number of carbonyl (C=O) groups excluding carboxylic acids is 2. The molecule has 0 aliphatic rings. The van der Waals surface area contributed by atoms with Crippen molar-refractivity contribution in [3.05, 3.63) is 59.7 Å². The molecule has 0 N–H and O–H groups in total. The predicted octanol–water partition coefficient (Wildman–Crippen LogP) is 3.70. The molecule has 0 aliphatic carbocycles. The zero-order chi connectivity index (χ0) is 20.8. The maximum Gasteiger partial charge on any atom is 0.257 e. The van der Waals surface area contributed by atoms with Gasteiger partial charge in [0.2, 0.25) is 5.91 Å². The Morgan fingerprint density at radius 1 is 1.07 bits per heavy atom. The first-order valence-electron chi connectivity index (χ1n) is 9.64. The summed E-state index contributed by atoms with van der Waals surface area (Å²) in [4.78, 5) is 29.1. The molecule has 1 heterocycles. The summed E-state index contributed by atoms with van der Waals surface area (Å²) in [5.41, 5.74) is 1.01. The third-order valence-electron chi connectivity index (χ3n) is 4.64. The lowest BCUT2D eigenvalue weighted by Crippen LogP contribution is -2.46. The lowest BCUT2D eigenvalue weighted by atomic mass is 10.1. The first-order chi connectivity index (χ1) is 13.2. The number of aryl methyl sites for hydroxylation is 1. The second-order valence-corrected chi connectivity index (χ2v) is 7.79. The zero-order valence-electron chi connectivity index (χ0n) is 17.4. The molecular formula is C22H30FN3O2. The maximum absolute atomic E-state index is 14.1. The van der Waals surface area contributed by atoms with Crippen molar-refractivity contribution in [2.75, 3.05) is 13.1 Å². The molecule has 0 saturated carbocycles. The molecule has 0 bridgehead atoms. The summed E-state index contributed by atoms with van der Waals surface area (Å²) in [6, 6.07) is 9.56. The topological polar surface area (TPSA) is 45.6 Å². The number of halogens is 1. The van der Waals surface area contributed by atoms with E-state index in [2.05, 4.69) is 13.8 Å². The van der Waals surface area contributed by atoms with Gasteiger partial charge in [-0.15, -0.1) is 0 Å². The lowest BCUT2D eigenvalue weighted by Gasteiger charge is -2.31. The second-order valence-electron chi connectivity index (χ2n) is 7.79. The van der Waals surface area contributed by atoms with Crippen molar-refractivity contribution in [1.29, 1.82) is 0 Å². The van der Waals surface area contributed by atoms with Crippen LogP contribution >= 0.6 is 0 Å². The van der Waals surface area contributed by atoms with Gasteiger partial charge < -0.3 is 14.4 Å². The lowest BCUT2D eigenvalue weighted by molar-refractivity contribution is -0.133. The van der Waals surface area contributed by atoms with E-state index >= 15 is 0 Å². The van der Waals surface area contributed by atoms with Crippen LogP contribution in [0, 0.1) is 11.7 Å². The normalized spacial score (nSPS) is 11.1. The average Bonchev–Trinajstić information content (AvgIpc) is 3.03. The number of nitrogens with zero attached hydrogens (tertiary/aromatic N) is 3. The number of aromatic nitrogens is 1. The Kier molecular flexibility index (Phi) is 7.38. The van der Waals surface area contributed by atoms with Gasteiger partial charge in [0.25, 0.3) is 5.91 Å². The van der Waals surface area contributed by atoms with E-state index in [1.807, 2.05) is 43.8 Å². The third kappa shape index (κ3) is 5.44. The largest absolute Gasteiger partial charge is 0.353 e. The van der Waals surface area contributed by atoms with Crippen molar-refractivity contribution in [3.63, 3.8) is 0 Å². The molecule has 0 fully saturated rings. The molecule has 2 amide bonds. The fourth-order valence-corrected chi connectivity index (χ4v) is 3.08. The van der Waals surface area contributed by atoms with Crippen LogP contribution in [0.4, 0.5) is 4.39 Å². The van der Waals surface area contributed by atoms with Gasteiger partial charge in [-0.25, -0.2) is 4.39 Å². The number of carbonyl (C=O) groups is 2. The van der Waals surface area contributed by atoms with Crippen LogP contribution in [0.3, 0.4) is 0 Å². The molecule has 1 aromatic heterocycles. The van der Waals surface area contributed by atoms with E-state index in [1.165, 1.54) is 17.0 Å².